The van der Waals surface area contributed by atoms with Crippen molar-refractivity contribution >= 4 is 5.71 Å². The number of rotatable bonds is 4. The van der Waals surface area contributed by atoms with Gasteiger partial charge < -0.3 is 5.41 Å². The Kier molecular flexibility index (Phi) is 3.62. The summed E-state index contributed by atoms with van der Waals surface area (Å²) in [6, 6.07) is 7.61. The topological polar surface area (TPSA) is 23.9 Å². The molecule has 0 saturated carbocycles. The number of hydrogen-bond donors (Lipinski definition) is 1. The predicted molar refractivity (Wildman–Crippen MR) is 51.6 cm³/mol. The zero-order chi connectivity index (χ0) is 9.68. The van der Waals surface area contributed by atoms with Crippen molar-refractivity contribution in [2.24, 2.45) is 0 Å². The van der Waals surface area contributed by atoms with Gasteiger partial charge in [-0.25, -0.2) is 4.39 Å². The quantitative estimate of drug-likeness (QED) is 0.685. The first-order valence-electron chi connectivity index (χ1n) is 4.45. The van der Waals surface area contributed by atoms with Crippen molar-refractivity contribution in [2.45, 2.75) is 26.2 Å². The highest BCUT2D eigenvalue weighted by atomic mass is 19.1. The van der Waals surface area contributed by atoms with E-state index in [1.165, 1.54) is 6.07 Å². The molecule has 0 bridgehead atoms. The van der Waals surface area contributed by atoms with Gasteiger partial charge >= 0.3 is 0 Å². The summed E-state index contributed by atoms with van der Waals surface area (Å²) >= 11 is 0. The Balaban J connectivity index is 2.54. The molecule has 1 rings (SSSR count). The zero-order valence-electron chi connectivity index (χ0n) is 7.73. The molecule has 1 N–H and O–H groups in total. The van der Waals surface area contributed by atoms with Crippen LogP contribution in [0.4, 0.5) is 4.39 Å². The van der Waals surface area contributed by atoms with E-state index in [9.17, 15) is 4.39 Å². The molecule has 0 atom stereocenters. The van der Waals surface area contributed by atoms with Gasteiger partial charge in [0.25, 0.3) is 0 Å². The van der Waals surface area contributed by atoms with E-state index >= 15 is 0 Å². The van der Waals surface area contributed by atoms with E-state index in [0.29, 0.717) is 24.1 Å². The number of benzene rings is 1. The van der Waals surface area contributed by atoms with E-state index in [0.717, 1.165) is 6.42 Å². The molecule has 1 nitrogen and oxygen atoms in total. The third-order valence-electron chi connectivity index (χ3n) is 1.99. The van der Waals surface area contributed by atoms with Gasteiger partial charge in [0.2, 0.25) is 0 Å². The van der Waals surface area contributed by atoms with Crippen LogP contribution < -0.4 is 0 Å². The van der Waals surface area contributed by atoms with Gasteiger partial charge in [-0.1, -0.05) is 19.1 Å². The number of hydrogen-bond acceptors (Lipinski definition) is 1. The second kappa shape index (κ2) is 4.75. The van der Waals surface area contributed by atoms with Crippen molar-refractivity contribution in [3.05, 3.63) is 35.6 Å². The predicted octanol–water partition coefficient (Wildman–Crippen LogP) is 2.99. The minimum absolute atomic E-state index is 0.216. The standard InChI is InChI=1S/C11H13FN/c1-2-10(13)8-7-9-5-3-4-6-11(9)12/h3-4,6,13H,2,7-8H2,1H3. The highest BCUT2D eigenvalue weighted by Gasteiger charge is 2.01. The number of nitrogens with one attached hydrogen (secondary N) is 1. The molecule has 0 saturated heterocycles. The van der Waals surface area contributed by atoms with Crippen LogP contribution in [0.5, 0.6) is 0 Å². The summed E-state index contributed by atoms with van der Waals surface area (Å²) in [6.07, 6.45) is 1.96. The molecule has 0 spiro atoms. The third-order valence-corrected chi connectivity index (χ3v) is 1.99. The maximum absolute atomic E-state index is 13.0. The van der Waals surface area contributed by atoms with Crippen LogP contribution in [0.25, 0.3) is 0 Å². The lowest BCUT2D eigenvalue weighted by Gasteiger charge is -2.01. The summed E-state index contributed by atoms with van der Waals surface area (Å²) in [5.74, 6) is -0.216. The molecule has 1 aromatic carbocycles. The molecule has 0 aromatic heterocycles. The van der Waals surface area contributed by atoms with E-state index in [1.807, 2.05) is 6.92 Å². The molecule has 1 aromatic rings. The number of aryl methyl sites for hydroxylation is 1. The van der Waals surface area contributed by atoms with Gasteiger partial charge in [-0.2, -0.15) is 0 Å². The fraction of sp³-hybridized carbons (Fsp3) is 0.364. The van der Waals surface area contributed by atoms with Gasteiger partial charge in [0, 0.05) is 5.71 Å². The Morgan fingerprint density at radius 1 is 1.62 bits per heavy atom. The number of halogens is 1. The molecular formula is C11H13FN. The zero-order valence-corrected chi connectivity index (χ0v) is 7.73. The highest BCUT2D eigenvalue weighted by molar-refractivity contribution is 5.81. The molecule has 0 heterocycles. The molecule has 1 radical (unpaired) electrons. The summed E-state index contributed by atoms with van der Waals surface area (Å²) in [6.45, 7) is 1.94. The van der Waals surface area contributed by atoms with Crippen LogP contribution in [0.15, 0.2) is 18.2 Å². The SMILES string of the molecule is CCC(=N)CCc1[c]cccc1F. The van der Waals surface area contributed by atoms with Crippen LogP contribution in [0.3, 0.4) is 0 Å². The maximum atomic E-state index is 13.0. The summed E-state index contributed by atoms with van der Waals surface area (Å²) in [5, 5.41) is 7.42. The first-order chi connectivity index (χ1) is 6.24. The average molecular weight is 178 g/mol. The Morgan fingerprint density at radius 2 is 2.38 bits per heavy atom. The van der Waals surface area contributed by atoms with E-state index in [-0.39, 0.29) is 5.82 Å². The summed E-state index contributed by atoms with van der Waals surface area (Å²) < 4.78 is 13.0. The lowest BCUT2D eigenvalue weighted by molar-refractivity contribution is 0.609. The Labute approximate surface area is 78.1 Å². The Bertz CT molecular complexity index is 294. The van der Waals surface area contributed by atoms with Crippen molar-refractivity contribution in [3.8, 4) is 0 Å². The molecule has 0 fully saturated rings. The molecule has 0 aliphatic rings. The summed E-state index contributed by atoms with van der Waals surface area (Å²) in [4.78, 5) is 0. The van der Waals surface area contributed by atoms with E-state index in [2.05, 4.69) is 6.07 Å². The molecule has 0 amide bonds. The highest BCUT2D eigenvalue weighted by Crippen LogP contribution is 2.08. The van der Waals surface area contributed by atoms with Crippen LogP contribution in [0.1, 0.15) is 25.3 Å². The molecule has 2 heteroatoms. The van der Waals surface area contributed by atoms with Crippen molar-refractivity contribution in [3.63, 3.8) is 0 Å². The second-order valence-corrected chi connectivity index (χ2v) is 2.95. The van der Waals surface area contributed by atoms with Gasteiger partial charge in [0.05, 0.1) is 0 Å². The van der Waals surface area contributed by atoms with Crippen molar-refractivity contribution in [2.75, 3.05) is 0 Å². The van der Waals surface area contributed by atoms with Gasteiger partial charge in [-0.3, -0.25) is 0 Å². The van der Waals surface area contributed by atoms with Gasteiger partial charge in [0.1, 0.15) is 5.82 Å². The van der Waals surface area contributed by atoms with Gasteiger partial charge in [-0.15, -0.1) is 0 Å². The molecule has 69 valence electrons. The van der Waals surface area contributed by atoms with Crippen LogP contribution >= 0.6 is 0 Å². The van der Waals surface area contributed by atoms with Crippen molar-refractivity contribution in [1.29, 1.82) is 5.41 Å². The van der Waals surface area contributed by atoms with Gasteiger partial charge in [0.15, 0.2) is 0 Å². The van der Waals surface area contributed by atoms with E-state index < -0.39 is 0 Å². The van der Waals surface area contributed by atoms with Crippen molar-refractivity contribution < 1.29 is 4.39 Å². The molecule has 0 aliphatic carbocycles. The normalized spacial score (nSPS) is 10.0. The van der Waals surface area contributed by atoms with Crippen LogP contribution in [-0.2, 0) is 6.42 Å². The third kappa shape index (κ3) is 2.98. The summed E-state index contributed by atoms with van der Waals surface area (Å²) in [7, 11) is 0. The second-order valence-electron chi connectivity index (χ2n) is 2.95. The minimum atomic E-state index is -0.216. The van der Waals surface area contributed by atoms with Gasteiger partial charge in [-0.05, 0) is 37.0 Å². The van der Waals surface area contributed by atoms with Crippen LogP contribution in [0, 0.1) is 17.3 Å². The largest absolute Gasteiger partial charge is 0.310 e. The Hall–Kier alpha value is -1.18. The molecular weight excluding hydrogens is 165 g/mol. The first kappa shape index (κ1) is 9.90. The molecule has 13 heavy (non-hydrogen) atoms. The van der Waals surface area contributed by atoms with E-state index in [4.69, 9.17) is 5.41 Å². The fourth-order valence-corrected chi connectivity index (χ4v) is 1.10. The maximum Gasteiger partial charge on any atom is 0.127 e. The van der Waals surface area contributed by atoms with Crippen molar-refractivity contribution in [1.82, 2.24) is 0 Å². The monoisotopic (exact) mass is 178 g/mol. The first-order valence-corrected chi connectivity index (χ1v) is 4.45. The smallest absolute Gasteiger partial charge is 0.127 e. The summed E-state index contributed by atoms with van der Waals surface area (Å²) in [5.41, 5.74) is 1.25. The minimum Gasteiger partial charge on any atom is -0.310 e. The van der Waals surface area contributed by atoms with E-state index in [1.54, 1.807) is 12.1 Å². The average Bonchev–Trinajstić information content (AvgIpc) is 2.16. The van der Waals surface area contributed by atoms with Crippen LogP contribution in [0.2, 0.25) is 0 Å². The lowest BCUT2D eigenvalue weighted by atomic mass is 10.1. The lowest BCUT2D eigenvalue weighted by Crippen LogP contribution is -1.98. The Morgan fingerprint density at radius 3 is 3.00 bits per heavy atom. The fourth-order valence-electron chi connectivity index (χ4n) is 1.10. The molecule has 0 unspecified atom stereocenters. The van der Waals surface area contributed by atoms with Crippen LogP contribution in [-0.4, -0.2) is 5.71 Å². The molecule has 0 aliphatic heterocycles.